The number of nitrogens with zero attached hydrogens (tertiary/aromatic N) is 4. The minimum absolute atomic E-state index is 0.114. The van der Waals surface area contributed by atoms with E-state index in [2.05, 4.69) is 32.0 Å². The van der Waals surface area contributed by atoms with Gasteiger partial charge in [-0.2, -0.15) is 5.10 Å². The zero-order valence-electron chi connectivity index (χ0n) is 26.8. The minimum Gasteiger partial charge on any atom is -0.456 e. The van der Waals surface area contributed by atoms with Gasteiger partial charge in [-0.3, -0.25) is 4.84 Å². The second-order valence-electron chi connectivity index (χ2n) is 10.6. The molecule has 15 nitrogen and oxygen atoms in total. The highest BCUT2D eigenvalue weighted by Gasteiger charge is 2.19. The molecule has 4 rings (SSSR count). The van der Waals surface area contributed by atoms with Gasteiger partial charge in [0.05, 0.1) is 11.3 Å². The van der Waals surface area contributed by atoms with E-state index in [1.807, 2.05) is 53.1 Å². The predicted octanol–water partition coefficient (Wildman–Crippen LogP) is 5.24. The molecular formula is C33H36ClN7O8. The molecular weight excluding hydrogens is 658 g/mol. The molecule has 0 bridgehead atoms. The molecule has 1 aromatic heterocycles. The molecule has 0 aliphatic carbocycles. The van der Waals surface area contributed by atoms with Crippen LogP contribution in [-0.2, 0) is 45.2 Å². The Labute approximate surface area is 286 Å². The molecule has 1 atom stereocenters. The number of amidine groups is 1. The molecule has 0 spiro atoms. The number of hydrogen-bond acceptors (Lipinski definition) is 12. The van der Waals surface area contributed by atoms with Crippen LogP contribution < -0.4 is 17.1 Å². The molecule has 5 N–H and O–H groups in total. The zero-order valence-corrected chi connectivity index (χ0v) is 27.6. The van der Waals surface area contributed by atoms with Gasteiger partial charge in [0.25, 0.3) is 5.09 Å². The van der Waals surface area contributed by atoms with E-state index >= 15 is 0 Å². The molecule has 1 unspecified atom stereocenters. The first-order valence-electron chi connectivity index (χ1n) is 15.2. The molecule has 0 aliphatic rings. The van der Waals surface area contributed by atoms with Crippen molar-refractivity contribution in [3.8, 4) is 11.1 Å². The van der Waals surface area contributed by atoms with Gasteiger partial charge in [0.2, 0.25) is 6.29 Å². The fourth-order valence-electron chi connectivity index (χ4n) is 4.86. The highest BCUT2D eigenvalue weighted by Crippen LogP contribution is 2.26. The van der Waals surface area contributed by atoms with Crippen molar-refractivity contribution in [3.63, 3.8) is 0 Å². The van der Waals surface area contributed by atoms with Crippen molar-refractivity contribution in [1.82, 2.24) is 15.0 Å². The number of ether oxygens (including phenoxy) is 3. The van der Waals surface area contributed by atoms with E-state index in [0.717, 1.165) is 40.9 Å². The summed E-state index contributed by atoms with van der Waals surface area (Å²) in [7, 11) is 0. The third-order valence-corrected chi connectivity index (χ3v) is 7.60. The summed E-state index contributed by atoms with van der Waals surface area (Å²) in [5.74, 6) is 11.7. The van der Waals surface area contributed by atoms with Crippen LogP contribution in [0, 0.1) is 10.1 Å². The van der Waals surface area contributed by atoms with Crippen molar-refractivity contribution in [3.05, 3.63) is 122 Å². The Hall–Kier alpha value is -5.67. The lowest BCUT2D eigenvalue weighted by Crippen LogP contribution is -2.32. The number of halogens is 1. The fraction of sp³-hybridized carbons (Fsp3) is 0.273. The first-order valence-corrected chi connectivity index (χ1v) is 15.6. The van der Waals surface area contributed by atoms with Crippen LogP contribution in [0.3, 0.4) is 0 Å². The van der Waals surface area contributed by atoms with Crippen molar-refractivity contribution in [1.29, 1.82) is 0 Å². The number of hydrogen-bond donors (Lipinski definition) is 3. The van der Waals surface area contributed by atoms with Crippen molar-refractivity contribution in [2.45, 2.75) is 59.2 Å². The van der Waals surface area contributed by atoms with Gasteiger partial charge in [-0.25, -0.2) is 20.4 Å². The molecule has 0 aliphatic heterocycles. The third kappa shape index (κ3) is 9.92. The number of nitrogens with one attached hydrogen (secondary N) is 1. The lowest BCUT2D eigenvalue weighted by molar-refractivity contribution is -0.777. The van der Waals surface area contributed by atoms with Gasteiger partial charge < -0.3 is 30.0 Å². The van der Waals surface area contributed by atoms with E-state index in [1.54, 1.807) is 12.1 Å². The molecule has 49 heavy (non-hydrogen) atoms. The normalized spacial score (nSPS) is 11.8. The van der Waals surface area contributed by atoms with E-state index in [-0.39, 0.29) is 23.9 Å². The maximum Gasteiger partial charge on any atom is 0.510 e. The maximum atomic E-state index is 13.0. The van der Waals surface area contributed by atoms with Crippen LogP contribution in [0.25, 0.3) is 11.1 Å². The lowest BCUT2D eigenvalue weighted by Gasteiger charge is -2.14. The van der Waals surface area contributed by atoms with Crippen molar-refractivity contribution < 1.29 is 33.7 Å². The predicted molar refractivity (Wildman–Crippen MR) is 179 cm³/mol. The van der Waals surface area contributed by atoms with Crippen LogP contribution >= 0.6 is 11.6 Å². The van der Waals surface area contributed by atoms with Gasteiger partial charge in [-0.15, -0.1) is 10.1 Å². The smallest absolute Gasteiger partial charge is 0.456 e. The van der Waals surface area contributed by atoms with Crippen LogP contribution in [-0.4, -0.2) is 38.9 Å². The Kier molecular flexibility index (Phi) is 12.9. The summed E-state index contributed by atoms with van der Waals surface area (Å²) >= 11 is 6.59. The summed E-state index contributed by atoms with van der Waals surface area (Å²) in [5, 5.41) is 13.2. The number of esters is 1. The fourth-order valence-corrected chi connectivity index (χ4v) is 5.12. The Morgan fingerprint density at radius 3 is 2.39 bits per heavy atom. The van der Waals surface area contributed by atoms with Crippen LogP contribution in [0.5, 0.6) is 0 Å². The van der Waals surface area contributed by atoms with Gasteiger partial charge in [0.15, 0.2) is 11.0 Å². The van der Waals surface area contributed by atoms with E-state index in [0.29, 0.717) is 30.1 Å². The largest absolute Gasteiger partial charge is 0.510 e. The number of hydrazone groups is 1. The Morgan fingerprint density at radius 1 is 1.04 bits per heavy atom. The Balaban J connectivity index is 1.44. The lowest BCUT2D eigenvalue weighted by atomic mass is 9.98. The first-order chi connectivity index (χ1) is 23.6. The van der Waals surface area contributed by atoms with Crippen LogP contribution in [0.4, 0.5) is 4.79 Å². The average Bonchev–Trinajstić information content (AvgIpc) is 3.39. The van der Waals surface area contributed by atoms with E-state index < -0.39 is 23.5 Å². The molecule has 16 heteroatoms. The number of aryl methyl sites for hydroxylation is 1. The van der Waals surface area contributed by atoms with Crippen molar-refractivity contribution in [2.24, 2.45) is 16.8 Å². The first kappa shape index (κ1) is 36.2. The summed E-state index contributed by atoms with van der Waals surface area (Å²) < 4.78 is 17.2. The second-order valence-corrected chi connectivity index (χ2v) is 11.0. The minimum atomic E-state index is -1.43. The van der Waals surface area contributed by atoms with Gasteiger partial charge in [0.1, 0.15) is 19.0 Å². The number of aromatic nitrogens is 2. The maximum absolute atomic E-state index is 13.0. The van der Waals surface area contributed by atoms with Crippen LogP contribution in [0.1, 0.15) is 65.3 Å². The summed E-state index contributed by atoms with van der Waals surface area (Å²) in [5.41, 5.74) is 7.47. The van der Waals surface area contributed by atoms with Crippen LogP contribution in [0.15, 0.2) is 77.9 Å². The summed E-state index contributed by atoms with van der Waals surface area (Å²) in [6.45, 7) is 3.40. The number of rotatable bonds is 15. The van der Waals surface area contributed by atoms with Crippen LogP contribution in [0.2, 0.25) is 5.15 Å². The summed E-state index contributed by atoms with van der Waals surface area (Å²) in [6.07, 6.45) is -0.0148. The Bertz CT molecular complexity index is 1780. The highest BCUT2D eigenvalue weighted by atomic mass is 35.5. The molecule has 4 aromatic rings. The summed E-state index contributed by atoms with van der Waals surface area (Å²) in [6, 6.07) is 21.8. The molecule has 0 saturated carbocycles. The Morgan fingerprint density at radius 2 is 1.73 bits per heavy atom. The molecule has 0 fully saturated rings. The monoisotopic (exact) mass is 693 g/mol. The van der Waals surface area contributed by atoms with E-state index in [1.165, 1.54) is 19.1 Å². The number of unbranched alkanes of at least 4 members (excludes halogenated alkanes) is 1. The highest BCUT2D eigenvalue weighted by molar-refractivity contribution is 6.30. The SMILES string of the molecule is CCCCc1nc(Cl)c(COC(=O)c2ccc(COC(=O)OC(C)O[N+](=O)[O-])cc2)n1Cc1ccc(-c2ccccc2/C(=N/N)NN)cc1. The third-order valence-electron chi connectivity index (χ3n) is 7.29. The van der Waals surface area contributed by atoms with E-state index in [4.69, 9.17) is 32.8 Å². The van der Waals surface area contributed by atoms with Crippen molar-refractivity contribution >= 4 is 29.6 Å². The molecule has 258 valence electrons. The van der Waals surface area contributed by atoms with Gasteiger partial charge >= 0.3 is 12.1 Å². The molecule has 1 heterocycles. The molecule has 0 amide bonds. The number of imidazole rings is 1. The quantitative estimate of drug-likeness (QED) is 0.0278. The number of hydrazine groups is 1. The van der Waals surface area contributed by atoms with E-state index in [9.17, 15) is 19.7 Å². The number of nitrogens with two attached hydrogens (primary N) is 2. The molecule has 0 radical (unpaired) electrons. The number of carbonyl (C=O) groups is 2. The summed E-state index contributed by atoms with van der Waals surface area (Å²) in [4.78, 5) is 43.7. The molecule has 0 saturated heterocycles. The van der Waals surface area contributed by atoms with Gasteiger partial charge in [0, 0.05) is 18.5 Å². The molecule has 3 aromatic carbocycles. The second kappa shape index (κ2) is 17.5. The zero-order chi connectivity index (χ0) is 35.3. The van der Waals surface area contributed by atoms with Crippen molar-refractivity contribution in [2.75, 3.05) is 0 Å². The van der Waals surface area contributed by atoms with Gasteiger partial charge in [-0.05, 0) is 47.7 Å². The number of carbonyl (C=O) groups excluding carboxylic acids is 2. The topological polar surface area (TPSA) is 208 Å². The average molecular weight is 694 g/mol. The number of benzene rings is 3. The van der Waals surface area contributed by atoms with Gasteiger partial charge in [-0.1, -0.05) is 85.6 Å². The standard InChI is InChI=1S/C33H36ClN7O8/c1-3-4-9-29-37-30(34)28(20-46-32(42)25-16-12-23(13-17-25)19-47-33(43)48-21(2)49-41(44)45)40(29)18-22-10-14-24(15-11-22)26-7-5-6-8-27(26)31(38-35)39-36/h5-8,10-17,21H,3-4,9,18-20,35-36H2,1-2H3,(H,38,39).